The Kier molecular flexibility index (Phi) is 4.22. The zero-order valence-corrected chi connectivity index (χ0v) is 12.2. The van der Waals surface area contributed by atoms with Crippen molar-refractivity contribution in [2.45, 2.75) is 25.7 Å². The van der Waals surface area contributed by atoms with Crippen LogP contribution in [0.1, 0.15) is 28.3 Å². The Balaban J connectivity index is 1.87. The summed E-state index contributed by atoms with van der Waals surface area (Å²) in [6.45, 7) is 1.27. The molecule has 110 valence electrons. The molecule has 0 amide bonds. The summed E-state index contributed by atoms with van der Waals surface area (Å²) in [5.41, 5.74) is 6.68. The van der Waals surface area contributed by atoms with E-state index in [1.807, 2.05) is 12.1 Å². The van der Waals surface area contributed by atoms with E-state index < -0.39 is 0 Å². The minimum absolute atomic E-state index is 0.130. The van der Waals surface area contributed by atoms with Crippen LogP contribution >= 0.6 is 11.6 Å². The van der Waals surface area contributed by atoms with E-state index in [0.717, 1.165) is 5.56 Å². The van der Waals surface area contributed by atoms with Crippen LogP contribution in [0.3, 0.4) is 0 Å². The quantitative estimate of drug-likeness (QED) is 0.673. The van der Waals surface area contributed by atoms with Crippen LogP contribution in [0, 0.1) is 5.82 Å². The second kappa shape index (κ2) is 6.12. The molecule has 3 N–H and O–H groups in total. The van der Waals surface area contributed by atoms with Gasteiger partial charge in [0.2, 0.25) is 0 Å². The molecular formula is C16H16ClFN2O. The summed E-state index contributed by atoms with van der Waals surface area (Å²) >= 11 is 5.82. The molecule has 5 heteroatoms. The standard InChI is InChI=1S/C16H16ClFN2O/c17-14-3-1-2-11(16(14)18)7-15(20-19)10-4-5-12-8-21-9-13(12)6-10/h1-6,15,20H,7-9,19H2. The van der Waals surface area contributed by atoms with E-state index in [9.17, 15) is 4.39 Å². The molecule has 1 heterocycles. The number of ether oxygens (including phenoxy) is 1. The highest BCUT2D eigenvalue weighted by atomic mass is 35.5. The summed E-state index contributed by atoms with van der Waals surface area (Å²) < 4.78 is 19.4. The Morgan fingerprint density at radius 2 is 2.05 bits per heavy atom. The topological polar surface area (TPSA) is 47.3 Å². The number of nitrogens with two attached hydrogens (primary N) is 1. The molecular weight excluding hydrogens is 291 g/mol. The predicted molar refractivity (Wildman–Crippen MR) is 80.1 cm³/mol. The van der Waals surface area contributed by atoms with E-state index in [2.05, 4.69) is 11.5 Å². The average molecular weight is 307 g/mol. The molecule has 2 aromatic rings. The molecule has 2 aromatic carbocycles. The van der Waals surface area contributed by atoms with Gasteiger partial charge in [-0.2, -0.15) is 0 Å². The molecule has 0 bridgehead atoms. The Morgan fingerprint density at radius 1 is 1.24 bits per heavy atom. The molecule has 0 aliphatic carbocycles. The van der Waals surface area contributed by atoms with Crippen LogP contribution in [-0.2, 0) is 24.4 Å². The van der Waals surface area contributed by atoms with Gasteiger partial charge in [-0.15, -0.1) is 0 Å². The first-order chi connectivity index (χ1) is 10.2. The highest BCUT2D eigenvalue weighted by Gasteiger charge is 2.18. The molecule has 21 heavy (non-hydrogen) atoms. The average Bonchev–Trinajstić information content (AvgIpc) is 2.96. The van der Waals surface area contributed by atoms with Crippen molar-refractivity contribution < 1.29 is 9.13 Å². The first-order valence-corrected chi connectivity index (χ1v) is 7.15. The third-order valence-corrected chi connectivity index (χ3v) is 4.10. The Morgan fingerprint density at radius 3 is 2.86 bits per heavy atom. The van der Waals surface area contributed by atoms with Crippen LogP contribution < -0.4 is 11.3 Å². The van der Waals surface area contributed by atoms with Crippen molar-refractivity contribution in [2.24, 2.45) is 5.84 Å². The number of nitrogens with one attached hydrogen (secondary N) is 1. The van der Waals surface area contributed by atoms with Gasteiger partial charge in [0.15, 0.2) is 0 Å². The van der Waals surface area contributed by atoms with Crippen LogP contribution in [0.25, 0.3) is 0 Å². The SMILES string of the molecule is NNC(Cc1cccc(Cl)c1F)c1ccc2c(c1)COC2. The van der Waals surface area contributed by atoms with Crippen LogP contribution in [0.4, 0.5) is 4.39 Å². The highest BCUT2D eigenvalue weighted by Crippen LogP contribution is 2.27. The summed E-state index contributed by atoms with van der Waals surface area (Å²) in [4.78, 5) is 0. The van der Waals surface area contributed by atoms with Gasteiger partial charge in [0.25, 0.3) is 0 Å². The van der Waals surface area contributed by atoms with Gasteiger partial charge in [0.1, 0.15) is 5.82 Å². The maximum atomic E-state index is 14.0. The Labute approximate surface area is 127 Å². The van der Waals surface area contributed by atoms with Crippen molar-refractivity contribution in [3.05, 3.63) is 69.5 Å². The summed E-state index contributed by atoms with van der Waals surface area (Å²) in [5, 5.41) is 0.130. The lowest BCUT2D eigenvalue weighted by atomic mass is 9.96. The van der Waals surface area contributed by atoms with E-state index in [4.69, 9.17) is 22.2 Å². The van der Waals surface area contributed by atoms with Crippen LogP contribution in [0.15, 0.2) is 36.4 Å². The van der Waals surface area contributed by atoms with Gasteiger partial charge >= 0.3 is 0 Å². The third-order valence-electron chi connectivity index (χ3n) is 3.80. The molecule has 1 atom stereocenters. The fourth-order valence-electron chi connectivity index (χ4n) is 2.61. The first-order valence-electron chi connectivity index (χ1n) is 6.77. The van der Waals surface area contributed by atoms with Gasteiger partial charge in [-0.25, -0.2) is 4.39 Å². The monoisotopic (exact) mass is 306 g/mol. The first kappa shape index (κ1) is 14.5. The number of rotatable bonds is 4. The van der Waals surface area contributed by atoms with Crippen LogP contribution in [-0.4, -0.2) is 0 Å². The lowest BCUT2D eigenvalue weighted by Crippen LogP contribution is -2.30. The fraction of sp³-hybridized carbons (Fsp3) is 0.250. The fourth-order valence-corrected chi connectivity index (χ4v) is 2.80. The van der Waals surface area contributed by atoms with E-state index in [-0.39, 0.29) is 16.9 Å². The van der Waals surface area contributed by atoms with Gasteiger partial charge in [0.05, 0.1) is 24.3 Å². The van der Waals surface area contributed by atoms with E-state index >= 15 is 0 Å². The number of hydrogen-bond donors (Lipinski definition) is 2. The second-order valence-electron chi connectivity index (χ2n) is 5.16. The maximum Gasteiger partial charge on any atom is 0.145 e. The van der Waals surface area contributed by atoms with Crippen molar-refractivity contribution in [1.82, 2.24) is 5.43 Å². The molecule has 0 saturated carbocycles. The number of benzene rings is 2. The van der Waals surface area contributed by atoms with Crippen molar-refractivity contribution in [3.63, 3.8) is 0 Å². The molecule has 0 aromatic heterocycles. The van der Waals surface area contributed by atoms with Crippen molar-refractivity contribution in [2.75, 3.05) is 0 Å². The molecule has 3 nitrogen and oxygen atoms in total. The largest absolute Gasteiger partial charge is 0.372 e. The van der Waals surface area contributed by atoms with Crippen molar-refractivity contribution >= 4 is 11.6 Å². The number of hydrazine groups is 1. The molecule has 0 saturated heterocycles. The third kappa shape index (κ3) is 2.94. The summed E-state index contributed by atoms with van der Waals surface area (Å²) in [6.07, 6.45) is 0.433. The Hall–Kier alpha value is -1.46. The number of hydrogen-bond acceptors (Lipinski definition) is 3. The zero-order chi connectivity index (χ0) is 14.8. The molecule has 1 aliphatic rings. The van der Waals surface area contributed by atoms with Crippen molar-refractivity contribution in [1.29, 1.82) is 0 Å². The van der Waals surface area contributed by atoms with E-state index in [1.165, 1.54) is 17.2 Å². The van der Waals surface area contributed by atoms with Gasteiger partial charge in [0, 0.05) is 0 Å². The van der Waals surface area contributed by atoms with Gasteiger partial charge in [-0.05, 0) is 34.7 Å². The lowest BCUT2D eigenvalue weighted by Gasteiger charge is -2.18. The number of halogens is 2. The summed E-state index contributed by atoms with van der Waals surface area (Å²) in [6, 6.07) is 10.9. The minimum atomic E-state index is -0.385. The van der Waals surface area contributed by atoms with E-state index in [1.54, 1.807) is 12.1 Å². The molecule has 1 aliphatic heterocycles. The lowest BCUT2D eigenvalue weighted by molar-refractivity contribution is 0.134. The molecule has 0 spiro atoms. The minimum Gasteiger partial charge on any atom is -0.372 e. The van der Waals surface area contributed by atoms with Gasteiger partial charge in [-0.1, -0.05) is 41.9 Å². The summed E-state index contributed by atoms with van der Waals surface area (Å²) in [7, 11) is 0. The van der Waals surface area contributed by atoms with E-state index in [0.29, 0.717) is 25.2 Å². The highest BCUT2D eigenvalue weighted by molar-refractivity contribution is 6.30. The van der Waals surface area contributed by atoms with Gasteiger partial charge < -0.3 is 4.74 Å². The van der Waals surface area contributed by atoms with Crippen LogP contribution in [0.5, 0.6) is 0 Å². The molecule has 0 radical (unpaired) electrons. The second-order valence-corrected chi connectivity index (χ2v) is 5.56. The smallest absolute Gasteiger partial charge is 0.145 e. The molecule has 3 rings (SSSR count). The van der Waals surface area contributed by atoms with Crippen LogP contribution in [0.2, 0.25) is 5.02 Å². The maximum absolute atomic E-state index is 14.0. The zero-order valence-electron chi connectivity index (χ0n) is 11.4. The summed E-state index contributed by atoms with van der Waals surface area (Å²) in [5.74, 6) is 5.26. The predicted octanol–water partition coefficient (Wildman–Crippen LogP) is 3.26. The van der Waals surface area contributed by atoms with Crippen molar-refractivity contribution in [3.8, 4) is 0 Å². The number of fused-ring (bicyclic) bond motifs is 1. The Bertz CT molecular complexity index is 663. The normalized spacial score (nSPS) is 15.0. The molecule has 0 fully saturated rings. The van der Waals surface area contributed by atoms with Gasteiger partial charge in [-0.3, -0.25) is 11.3 Å². The molecule has 1 unspecified atom stereocenters.